The van der Waals surface area contributed by atoms with Crippen molar-refractivity contribution < 1.29 is 4.79 Å². The number of carbonyl (C=O) groups is 1. The molecular formula is C3H7BN2O. The number of carbonyl (C=O) groups excluding carboxylic acids is 1. The Bertz CT molecular complexity index is 75.3. The second-order valence-electron chi connectivity index (χ2n) is 1.12. The van der Waals surface area contributed by atoms with Crippen molar-refractivity contribution in [3.8, 4) is 0 Å². The molecule has 0 aromatic rings. The van der Waals surface area contributed by atoms with Crippen LogP contribution in [-0.2, 0) is 0 Å². The minimum absolute atomic E-state index is 0.454. The monoisotopic (exact) mass is 98.1 g/mol. The van der Waals surface area contributed by atoms with Gasteiger partial charge in [-0.05, 0) is 6.92 Å². The number of hydrogen-bond acceptors (Lipinski definition) is 2. The maximum Gasteiger partial charge on any atom is 0.202 e. The summed E-state index contributed by atoms with van der Waals surface area (Å²) in [5.74, 6) is 4.38. The summed E-state index contributed by atoms with van der Waals surface area (Å²) < 4.78 is 0. The van der Waals surface area contributed by atoms with Gasteiger partial charge in [-0.3, -0.25) is 9.80 Å². The molecule has 0 aromatic heterocycles. The van der Waals surface area contributed by atoms with Gasteiger partial charge in [0.15, 0.2) is 5.81 Å². The van der Waals surface area contributed by atoms with Crippen LogP contribution in [0.3, 0.4) is 0 Å². The highest BCUT2D eigenvalue weighted by molar-refractivity contribution is 6.56. The third kappa shape index (κ3) is 2.22. The molecule has 0 spiro atoms. The topological polar surface area (TPSA) is 46.3 Å². The van der Waals surface area contributed by atoms with E-state index in [-0.39, 0.29) is 0 Å². The summed E-state index contributed by atoms with van der Waals surface area (Å²) in [7, 11) is 4.71. The fourth-order valence-electron chi connectivity index (χ4n) is 0.156. The van der Waals surface area contributed by atoms with Crippen molar-refractivity contribution in [3.05, 3.63) is 0 Å². The summed E-state index contributed by atoms with van der Waals surface area (Å²) in [5.41, 5.74) is 0. The average molecular weight is 97.9 g/mol. The molecular weight excluding hydrogens is 90.9 g/mol. The normalized spacial score (nSPS) is 8.29. The first-order valence-corrected chi connectivity index (χ1v) is 2.00. The molecule has 0 saturated heterocycles. The molecule has 0 aromatic carbocycles. The molecule has 0 saturated carbocycles. The van der Waals surface area contributed by atoms with Crippen molar-refractivity contribution in [3.63, 3.8) is 0 Å². The SMILES string of the molecule is [B]C(=O)N(N)CC. The van der Waals surface area contributed by atoms with Crippen LogP contribution in [0.4, 0.5) is 4.79 Å². The van der Waals surface area contributed by atoms with E-state index in [4.69, 9.17) is 13.7 Å². The average Bonchev–Trinajstić information content (AvgIpc) is 1.65. The zero-order valence-electron chi connectivity index (χ0n) is 4.22. The van der Waals surface area contributed by atoms with Crippen LogP contribution in [0.25, 0.3) is 0 Å². The Balaban J connectivity index is 3.34. The van der Waals surface area contributed by atoms with Crippen LogP contribution < -0.4 is 5.84 Å². The van der Waals surface area contributed by atoms with Gasteiger partial charge in [0, 0.05) is 6.54 Å². The first kappa shape index (κ1) is 6.49. The van der Waals surface area contributed by atoms with Crippen molar-refractivity contribution in [2.75, 3.05) is 6.54 Å². The quantitative estimate of drug-likeness (QED) is 0.207. The van der Waals surface area contributed by atoms with Crippen LogP contribution >= 0.6 is 0 Å². The molecule has 0 bridgehead atoms. The number of hydrazine groups is 1. The number of hydrogen-bond donors (Lipinski definition) is 1. The Kier molecular flexibility index (Phi) is 2.44. The molecule has 0 heterocycles. The third-order valence-corrected chi connectivity index (χ3v) is 0.624. The van der Waals surface area contributed by atoms with E-state index in [0.29, 0.717) is 6.54 Å². The van der Waals surface area contributed by atoms with E-state index in [1.165, 1.54) is 0 Å². The fourth-order valence-corrected chi connectivity index (χ4v) is 0.156. The number of nitrogens with two attached hydrogens (primary N) is 1. The Morgan fingerprint density at radius 1 is 2.00 bits per heavy atom. The first-order valence-electron chi connectivity index (χ1n) is 2.00. The van der Waals surface area contributed by atoms with Gasteiger partial charge < -0.3 is 0 Å². The molecule has 0 aliphatic heterocycles. The molecule has 0 aliphatic rings. The molecule has 2 radical (unpaired) electrons. The van der Waals surface area contributed by atoms with E-state index in [1.54, 1.807) is 6.92 Å². The Hall–Kier alpha value is -0.505. The Morgan fingerprint density at radius 2 is 2.43 bits per heavy atom. The zero-order chi connectivity index (χ0) is 5.86. The van der Waals surface area contributed by atoms with Gasteiger partial charge in [-0.2, -0.15) is 0 Å². The maximum absolute atomic E-state index is 9.95. The molecule has 0 atom stereocenters. The second kappa shape index (κ2) is 2.63. The molecule has 1 amide bonds. The summed E-state index contributed by atoms with van der Waals surface area (Å²) >= 11 is 0. The van der Waals surface area contributed by atoms with Gasteiger partial charge in [0.05, 0.1) is 0 Å². The summed E-state index contributed by atoms with van der Waals surface area (Å²) in [5, 5.41) is 0.931. The predicted molar refractivity (Wildman–Crippen MR) is 27.7 cm³/mol. The van der Waals surface area contributed by atoms with Crippen molar-refractivity contribution in [1.29, 1.82) is 0 Å². The number of amides is 1. The first-order chi connectivity index (χ1) is 3.18. The lowest BCUT2D eigenvalue weighted by molar-refractivity contribution is 0.225. The van der Waals surface area contributed by atoms with Gasteiger partial charge in [0.25, 0.3) is 0 Å². The van der Waals surface area contributed by atoms with E-state index in [9.17, 15) is 4.79 Å². The van der Waals surface area contributed by atoms with Crippen molar-refractivity contribution in [1.82, 2.24) is 5.01 Å². The smallest absolute Gasteiger partial charge is 0.202 e. The Morgan fingerprint density at radius 3 is 2.43 bits per heavy atom. The minimum Gasteiger partial charge on any atom is -0.291 e. The summed E-state index contributed by atoms with van der Waals surface area (Å²) in [4.78, 5) is 9.95. The molecule has 0 aliphatic carbocycles. The molecule has 38 valence electrons. The molecule has 2 N–H and O–H groups in total. The highest BCUT2D eigenvalue weighted by Crippen LogP contribution is 1.72. The lowest BCUT2D eigenvalue weighted by Gasteiger charge is -2.09. The van der Waals surface area contributed by atoms with Gasteiger partial charge in [-0.15, -0.1) is 0 Å². The van der Waals surface area contributed by atoms with E-state index in [1.807, 2.05) is 0 Å². The Labute approximate surface area is 43.9 Å². The summed E-state index contributed by atoms with van der Waals surface area (Å²) in [6.45, 7) is 2.19. The minimum atomic E-state index is -0.595. The van der Waals surface area contributed by atoms with Crippen molar-refractivity contribution in [2.45, 2.75) is 6.92 Å². The van der Waals surface area contributed by atoms with Crippen molar-refractivity contribution in [2.24, 2.45) is 5.84 Å². The molecule has 3 nitrogen and oxygen atoms in total. The molecule has 0 rings (SSSR count). The zero-order valence-corrected chi connectivity index (χ0v) is 4.22. The van der Waals surface area contributed by atoms with E-state index in [0.717, 1.165) is 5.01 Å². The molecule has 0 unspecified atom stereocenters. The number of nitrogens with zero attached hydrogens (tertiary/aromatic N) is 1. The van der Waals surface area contributed by atoms with Crippen LogP contribution in [0.5, 0.6) is 0 Å². The van der Waals surface area contributed by atoms with Crippen LogP contribution in [0.15, 0.2) is 0 Å². The molecule has 7 heavy (non-hydrogen) atoms. The van der Waals surface area contributed by atoms with E-state index in [2.05, 4.69) is 0 Å². The van der Waals surface area contributed by atoms with Crippen LogP contribution in [0, 0.1) is 0 Å². The van der Waals surface area contributed by atoms with Crippen LogP contribution in [0.2, 0.25) is 0 Å². The highest BCUT2D eigenvalue weighted by Gasteiger charge is 1.93. The van der Waals surface area contributed by atoms with Crippen LogP contribution in [-0.4, -0.2) is 25.2 Å². The maximum atomic E-state index is 9.95. The van der Waals surface area contributed by atoms with Gasteiger partial charge in [0.1, 0.15) is 0 Å². The fraction of sp³-hybridized carbons (Fsp3) is 0.667. The summed E-state index contributed by atoms with van der Waals surface area (Å²) in [6.07, 6.45) is 0. The van der Waals surface area contributed by atoms with Crippen LogP contribution in [0.1, 0.15) is 6.92 Å². The standard InChI is InChI=1S/C3H7BN2O/c1-2-6(5)3(4)7/h2,5H2,1H3. The lowest BCUT2D eigenvalue weighted by Crippen LogP contribution is -2.35. The van der Waals surface area contributed by atoms with Gasteiger partial charge >= 0.3 is 0 Å². The van der Waals surface area contributed by atoms with Gasteiger partial charge in [-0.25, -0.2) is 5.84 Å². The summed E-state index contributed by atoms with van der Waals surface area (Å²) in [6, 6.07) is 0. The van der Waals surface area contributed by atoms with Gasteiger partial charge in [-0.1, -0.05) is 0 Å². The highest BCUT2D eigenvalue weighted by atomic mass is 16.2. The van der Waals surface area contributed by atoms with Gasteiger partial charge in [0.2, 0.25) is 7.85 Å². The second-order valence-corrected chi connectivity index (χ2v) is 1.12. The predicted octanol–water partition coefficient (Wildman–Crippen LogP) is -0.529. The number of rotatable bonds is 1. The largest absolute Gasteiger partial charge is 0.291 e. The third-order valence-electron chi connectivity index (χ3n) is 0.624. The van der Waals surface area contributed by atoms with E-state index < -0.39 is 5.81 Å². The van der Waals surface area contributed by atoms with Crippen molar-refractivity contribution >= 4 is 13.7 Å². The lowest BCUT2D eigenvalue weighted by atomic mass is 10.1. The molecule has 0 fully saturated rings. The van der Waals surface area contributed by atoms with E-state index >= 15 is 0 Å². The molecule has 4 heteroatoms.